The van der Waals surface area contributed by atoms with Gasteiger partial charge < -0.3 is 10.2 Å². The lowest BCUT2D eigenvalue weighted by Crippen LogP contribution is -2.49. The maximum absolute atomic E-state index is 14.2. The number of hydrogen-bond acceptors (Lipinski definition) is 6. The van der Waals surface area contributed by atoms with E-state index >= 15 is 0 Å². The Kier molecular flexibility index (Phi) is 6.04. The molecule has 0 spiro atoms. The molecule has 1 aliphatic rings. The van der Waals surface area contributed by atoms with Crippen molar-refractivity contribution in [2.75, 3.05) is 42.9 Å². The Bertz CT molecular complexity index is 981. The Morgan fingerprint density at radius 1 is 1.24 bits per heavy atom. The van der Waals surface area contributed by atoms with E-state index in [-0.39, 0.29) is 23.7 Å². The number of rotatable bonds is 5. The molecule has 3 rings (SSSR count). The number of carbonyl (C=O) groups excluding carboxylic acids is 1. The van der Waals surface area contributed by atoms with Gasteiger partial charge in [-0.3, -0.25) is 19.8 Å². The summed E-state index contributed by atoms with van der Waals surface area (Å²) < 4.78 is 14.2. The second-order valence-electron chi connectivity index (χ2n) is 6.85. The SMILES string of the molecule is Cc1ccc([N+](=O)[O-])cc1NC(=O)CN1CCN(c2ccc(C#N)cc2F)CC1. The van der Waals surface area contributed by atoms with Crippen LogP contribution in [0.1, 0.15) is 11.1 Å². The number of nitrogens with one attached hydrogen (secondary N) is 1. The lowest BCUT2D eigenvalue weighted by molar-refractivity contribution is -0.384. The number of anilines is 2. The fraction of sp³-hybridized carbons (Fsp3) is 0.300. The van der Waals surface area contributed by atoms with Gasteiger partial charge in [0.25, 0.3) is 5.69 Å². The third-order valence-corrected chi connectivity index (χ3v) is 4.86. The summed E-state index contributed by atoms with van der Waals surface area (Å²) in [6.07, 6.45) is 0. The van der Waals surface area contributed by atoms with E-state index in [0.29, 0.717) is 37.6 Å². The number of nitro groups is 1. The monoisotopic (exact) mass is 397 g/mol. The zero-order valence-electron chi connectivity index (χ0n) is 15.9. The Balaban J connectivity index is 1.56. The van der Waals surface area contributed by atoms with Crippen molar-refractivity contribution in [2.24, 2.45) is 0 Å². The number of benzene rings is 2. The summed E-state index contributed by atoms with van der Waals surface area (Å²) >= 11 is 0. The van der Waals surface area contributed by atoms with Crippen LogP contribution in [0.5, 0.6) is 0 Å². The second-order valence-corrected chi connectivity index (χ2v) is 6.85. The molecule has 0 bridgehead atoms. The fourth-order valence-corrected chi connectivity index (χ4v) is 3.23. The summed E-state index contributed by atoms with van der Waals surface area (Å²) in [7, 11) is 0. The first kappa shape index (κ1) is 20.2. The number of nitro benzene ring substituents is 1. The van der Waals surface area contributed by atoms with Gasteiger partial charge in [-0.25, -0.2) is 4.39 Å². The Hall–Kier alpha value is -3.51. The van der Waals surface area contributed by atoms with Crippen molar-refractivity contribution in [2.45, 2.75) is 6.92 Å². The molecule has 1 saturated heterocycles. The summed E-state index contributed by atoms with van der Waals surface area (Å²) in [4.78, 5) is 26.6. The first-order valence-corrected chi connectivity index (χ1v) is 9.09. The third-order valence-electron chi connectivity index (χ3n) is 4.86. The molecule has 150 valence electrons. The van der Waals surface area contributed by atoms with Crippen LogP contribution in [-0.4, -0.2) is 48.5 Å². The number of nitrogens with zero attached hydrogens (tertiary/aromatic N) is 4. The number of non-ortho nitro benzene ring substituents is 1. The molecule has 1 aliphatic heterocycles. The van der Waals surface area contributed by atoms with Crippen molar-refractivity contribution < 1.29 is 14.1 Å². The predicted molar refractivity (Wildman–Crippen MR) is 106 cm³/mol. The van der Waals surface area contributed by atoms with Crippen LogP contribution in [0.3, 0.4) is 0 Å². The summed E-state index contributed by atoms with van der Waals surface area (Å²) in [5.74, 6) is -0.692. The van der Waals surface area contributed by atoms with Crippen molar-refractivity contribution in [3.8, 4) is 6.07 Å². The van der Waals surface area contributed by atoms with Gasteiger partial charge in [-0.1, -0.05) is 6.07 Å². The lowest BCUT2D eigenvalue weighted by atomic mass is 10.1. The van der Waals surface area contributed by atoms with Crippen molar-refractivity contribution >= 4 is 23.0 Å². The summed E-state index contributed by atoms with van der Waals surface area (Å²) in [6.45, 7) is 4.15. The van der Waals surface area contributed by atoms with Gasteiger partial charge in [0, 0.05) is 38.3 Å². The smallest absolute Gasteiger partial charge is 0.271 e. The standard InChI is InChI=1S/C20H20FN5O3/c1-14-2-4-16(26(28)29)11-18(14)23-20(27)13-24-6-8-25(9-7-24)19-5-3-15(12-22)10-17(19)21/h2-5,10-11H,6-9,13H2,1H3,(H,23,27). The van der Waals surface area contributed by atoms with E-state index < -0.39 is 10.7 Å². The number of halogens is 1. The molecule has 9 heteroatoms. The van der Waals surface area contributed by atoms with Crippen molar-refractivity contribution in [3.05, 3.63) is 63.5 Å². The van der Waals surface area contributed by atoms with Crippen LogP contribution < -0.4 is 10.2 Å². The zero-order chi connectivity index (χ0) is 21.0. The largest absolute Gasteiger partial charge is 0.367 e. The molecule has 1 amide bonds. The van der Waals surface area contributed by atoms with E-state index in [1.54, 1.807) is 25.1 Å². The minimum absolute atomic E-state index is 0.0797. The first-order chi connectivity index (χ1) is 13.9. The molecule has 0 aliphatic carbocycles. The van der Waals surface area contributed by atoms with E-state index in [2.05, 4.69) is 5.32 Å². The molecule has 1 fully saturated rings. The minimum atomic E-state index is -0.503. The highest BCUT2D eigenvalue weighted by molar-refractivity contribution is 5.93. The Labute approximate surface area is 167 Å². The van der Waals surface area contributed by atoms with Gasteiger partial charge in [-0.2, -0.15) is 5.26 Å². The van der Waals surface area contributed by atoms with E-state index in [1.807, 2.05) is 15.9 Å². The highest BCUT2D eigenvalue weighted by Gasteiger charge is 2.21. The average molecular weight is 397 g/mol. The molecular weight excluding hydrogens is 377 g/mol. The Morgan fingerprint density at radius 2 is 1.97 bits per heavy atom. The number of piperazine rings is 1. The minimum Gasteiger partial charge on any atom is -0.367 e. The van der Waals surface area contributed by atoms with Gasteiger partial charge in [-0.05, 0) is 30.7 Å². The molecule has 0 aromatic heterocycles. The number of nitriles is 1. The third kappa shape index (κ3) is 4.86. The van der Waals surface area contributed by atoms with E-state index in [0.717, 1.165) is 5.56 Å². The quantitative estimate of drug-likeness (QED) is 0.615. The molecule has 0 radical (unpaired) electrons. The second kappa shape index (κ2) is 8.67. The lowest BCUT2D eigenvalue weighted by Gasteiger charge is -2.35. The molecule has 0 atom stereocenters. The van der Waals surface area contributed by atoms with Crippen LogP contribution in [-0.2, 0) is 4.79 Å². The molecule has 1 N–H and O–H groups in total. The zero-order valence-corrected chi connectivity index (χ0v) is 15.9. The van der Waals surface area contributed by atoms with E-state index in [4.69, 9.17) is 5.26 Å². The summed E-state index contributed by atoms with van der Waals surface area (Å²) in [5, 5.41) is 22.5. The number of aryl methyl sites for hydroxylation is 1. The first-order valence-electron chi connectivity index (χ1n) is 9.09. The van der Waals surface area contributed by atoms with Gasteiger partial charge in [0.1, 0.15) is 5.82 Å². The average Bonchev–Trinajstić information content (AvgIpc) is 2.70. The van der Waals surface area contributed by atoms with Crippen LogP contribution >= 0.6 is 0 Å². The van der Waals surface area contributed by atoms with E-state index in [1.165, 1.54) is 18.2 Å². The van der Waals surface area contributed by atoms with Crippen LogP contribution in [0.15, 0.2) is 36.4 Å². The van der Waals surface area contributed by atoms with Crippen molar-refractivity contribution in [1.82, 2.24) is 4.90 Å². The maximum Gasteiger partial charge on any atom is 0.271 e. The van der Waals surface area contributed by atoms with Gasteiger partial charge in [0.05, 0.1) is 34.5 Å². The van der Waals surface area contributed by atoms with Crippen LogP contribution in [0, 0.1) is 34.2 Å². The van der Waals surface area contributed by atoms with Crippen molar-refractivity contribution in [3.63, 3.8) is 0 Å². The molecule has 0 unspecified atom stereocenters. The topological polar surface area (TPSA) is 103 Å². The van der Waals surface area contributed by atoms with Crippen molar-refractivity contribution in [1.29, 1.82) is 5.26 Å². The fourth-order valence-electron chi connectivity index (χ4n) is 3.23. The highest BCUT2D eigenvalue weighted by Crippen LogP contribution is 2.23. The Morgan fingerprint density at radius 3 is 2.59 bits per heavy atom. The predicted octanol–water partition coefficient (Wildman–Crippen LogP) is 2.67. The molecule has 2 aromatic carbocycles. The number of amides is 1. The normalized spacial score (nSPS) is 14.3. The summed E-state index contributed by atoms with van der Waals surface area (Å²) in [6, 6.07) is 10.6. The van der Waals surface area contributed by atoms with Gasteiger partial charge in [0.2, 0.25) is 5.91 Å². The number of hydrogen-bond donors (Lipinski definition) is 1. The molecule has 8 nitrogen and oxygen atoms in total. The molecule has 0 saturated carbocycles. The molecular formula is C20H20FN5O3. The molecule has 29 heavy (non-hydrogen) atoms. The number of carbonyl (C=O) groups is 1. The van der Waals surface area contributed by atoms with Crippen LogP contribution in [0.2, 0.25) is 0 Å². The molecule has 2 aromatic rings. The van der Waals surface area contributed by atoms with Gasteiger partial charge in [0.15, 0.2) is 0 Å². The van der Waals surface area contributed by atoms with Gasteiger partial charge >= 0.3 is 0 Å². The van der Waals surface area contributed by atoms with E-state index in [9.17, 15) is 19.3 Å². The maximum atomic E-state index is 14.2. The summed E-state index contributed by atoms with van der Waals surface area (Å²) in [5.41, 5.74) is 1.80. The van der Waals surface area contributed by atoms with Crippen LogP contribution in [0.4, 0.5) is 21.5 Å². The van der Waals surface area contributed by atoms with Crippen LogP contribution in [0.25, 0.3) is 0 Å². The highest BCUT2D eigenvalue weighted by atomic mass is 19.1. The molecule has 1 heterocycles. The van der Waals surface area contributed by atoms with Gasteiger partial charge in [-0.15, -0.1) is 0 Å².